The number of methoxy groups -OCH3 is 2. The third-order valence-corrected chi connectivity index (χ3v) is 9.65. The van der Waals surface area contributed by atoms with Crippen molar-refractivity contribution >= 4 is 27.5 Å². The zero-order valence-electron chi connectivity index (χ0n) is 25.3. The molecule has 1 aliphatic rings. The smallest absolute Gasteiger partial charge is 0.264 e. The second-order valence-corrected chi connectivity index (χ2v) is 12.8. The standard InChI is InChI=1S/C33H41N3O6S/c1-24-13-19-31(20-14-24)43(39,40)36(28-11-8-12-30(21-28)42-4)23-32(37)35(22-26-15-17-29(41-3)18-16-26)25(2)33(38)34-27-9-6-5-7-10-27/h8,11-21,25,27H,5-7,9-10,22-23H2,1-4H3,(H,34,38)/t25-/m1/s1. The lowest BCUT2D eigenvalue weighted by atomic mass is 9.95. The van der Waals surface area contributed by atoms with Gasteiger partial charge in [-0.25, -0.2) is 8.42 Å². The van der Waals surface area contributed by atoms with Crippen molar-refractivity contribution in [3.8, 4) is 11.5 Å². The van der Waals surface area contributed by atoms with Crippen LogP contribution in [0.4, 0.5) is 5.69 Å². The van der Waals surface area contributed by atoms with Gasteiger partial charge in [0.2, 0.25) is 11.8 Å². The number of hydrogen-bond donors (Lipinski definition) is 1. The van der Waals surface area contributed by atoms with Gasteiger partial charge in [0, 0.05) is 18.7 Å². The molecule has 0 unspecified atom stereocenters. The van der Waals surface area contributed by atoms with Crippen LogP contribution in [-0.2, 0) is 26.2 Å². The summed E-state index contributed by atoms with van der Waals surface area (Å²) < 4.78 is 39.7. The Hall–Kier alpha value is -4.05. The number of benzene rings is 3. The molecule has 1 atom stereocenters. The predicted octanol–water partition coefficient (Wildman–Crippen LogP) is 5.07. The molecule has 1 aliphatic carbocycles. The maximum absolute atomic E-state index is 14.2. The fraction of sp³-hybridized carbons (Fsp3) is 0.394. The Morgan fingerprint density at radius 2 is 1.56 bits per heavy atom. The summed E-state index contributed by atoms with van der Waals surface area (Å²) in [6.45, 7) is 3.15. The first kappa shape index (κ1) is 31.9. The monoisotopic (exact) mass is 607 g/mol. The second-order valence-electron chi connectivity index (χ2n) is 10.9. The molecule has 0 spiro atoms. The van der Waals surface area contributed by atoms with E-state index < -0.39 is 28.5 Å². The summed E-state index contributed by atoms with van der Waals surface area (Å²) in [6.07, 6.45) is 5.08. The van der Waals surface area contributed by atoms with Gasteiger partial charge in [-0.05, 0) is 68.7 Å². The van der Waals surface area contributed by atoms with E-state index in [0.29, 0.717) is 11.5 Å². The molecule has 9 nitrogen and oxygen atoms in total. The number of nitrogens with one attached hydrogen (secondary N) is 1. The van der Waals surface area contributed by atoms with Crippen LogP contribution in [-0.4, -0.2) is 58.0 Å². The van der Waals surface area contributed by atoms with Gasteiger partial charge in [-0.2, -0.15) is 0 Å². The van der Waals surface area contributed by atoms with E-state index in [-0.39, 0.29) is 29.1 Å². The van der Waals surface area contributed by atoms with Gasteiger partial charge in [0.15, 0.2) is 0 Å². The lowest BCUT2D eigenvalue weighted by Crippen LogP contribution is -2.53. The Morgan fingerprint density at radius 3 is 2.19 bits per heavy atom. The highest BCUT2D eigenvalue weighted by molar-refractivity contribution is 7.92. The molecule has 0 radical (unpaired) electrons. The number of anilines is 1. The SMILES string of the molecule is COc1ccc(CN(C(=O)CN(c2cccc(OC)c2)S(=O)(=O)c2ccc(C)cc2)[C@H](C)C(=O)NC2CCCCC2)cc1. The number of carbonyl (C=O) groups is 2. The lowest BCUT2D eigenvalue weighted by Gasteiger charge is -2.33. The molecule has 2 amide bonds. The van der Waals surface area contributed by atoms with Crippen LogP contribution in [0, 0.1) is 6.92 Å². The zero-order valence-corrected chi connectivity index (χ0v) is 26.1. The first-order valence-electron chi connectivity index (χ1n) is 14.6. The molecular formula is C33H41N3O6S. The van der Waals surface area contributed by atoms with Crippen LogP contribution in [0.25, 0.3) is 0 Å². The predicted molar refractivity (Wildman–Crippen MR) is 167 cm³/mol. The van der Waals surface area contributed by atoms with E-state index in [4.69, 9.17) is 9.47 Å². The first-order chi connectivity index (χ1) is 20.6. The maximum atomic E-state index is 14.2. The summed E-state index contributed by atoms with van der Waals surface area (Å²) in [5.41, 5.74) is 1.96. The van der Waals surface area contributed by atoms with Gasteiger partial charge in [-0.3, -0.25) is 13.9 Å². The molecule has 43 heavy (non-hydrogen) atoms. The van der Waals surface area contributed by atoms with E-state index in [0.717, 1.165) is 47.5 Å². The second kappa shape index (κ2) is 14.4. The van der Waals surface area contributed by atoms with Gasteiger partial charge >= 0.3 is 0 Å². The fourth-order valence-corrected chi connectivity index (χ4v) is 6.62. The molecule has 1 saturated carbocycles. The molecule has 0 aliphatic heterocycles. The number of rotatable bonds is 12. The minimum atomic E-state index is -4.16. The fourth-order valence-electron chi connectivity index (χ4n) is 5.21. The topological polar surface area (TPSA) is 105 Å². The summed E-state index contributed by atoms with van der Waals surface area (Å²) in [6, 6.07) is 19.5. The van der Waals surface area contributed by atoms with Crippen LogP contribution in [0.15, 0.2) is 77.7 Å². The van der Waals surface area contributed by atoms with Gasteiger partial charge in [0.1, 0.15) is 24.1 Å². The van der Waals surface area contributed by atoms with Crippen molar-refractivity contribution in [1.29, 1.82) is 0 Å². The van der Waals surface area contributed by atoms with Crippen LogP contribution in [0.5, 0.6) is 11.5 Å². The molecule has 0 aromatic heterocycles. The molecule has 1 N–H and O–H groups in total. The van der Waals surface area contributed by atoms with Crippen LogP contribution < -0.4 is 19.1 Å². The quantitative estimate of drug-likeness (QED) is 0.308. The highest BCUT2D eigenvalue weighted by Gasteiger charge is 2.33. The molecule has 3 aromatic carbocycles. The number of amides is 2. The summed E-state index contributed by atoms with van der Waals surface area (Å²) in [5, 5.41) is 3.12. The van der Waals surface area contributed by atoms with Gasteiger partial charge in [0.25, 0.3) is 10.0 Å². The summed E-state index contributed by atoms with van der Waals surface area (Å²) in [4.78, 5) is 29.1. The number of hydrogen-bond acceptors (Lipinski definition) is 6. The van der Waals surface area contributed by atoms with Crippen molar-refractivity contribution in [2.45, 2.75) is 69.5 Å². The van der Waals surface area contributed by atoms with Gasteiger partial charge in [-0.15, -0.1) is 0 Å². The molecule has 10 heteroatoms. The number of ether oxygens (including phenoxy) is 2. The molecule has 4 rings (SSSR count). The van der Waals surface area contributed by atoms with E-state index in [1.165, 1.54) is 24.1 Å². The average Bonchev–Trinajstić information content (AvgIpc) is 3.03. The summed E-state index contributed by atoms with van der Waals surface area (Å²) in [5.74, 6) is 0.339. The number of aryl methyl sites for hydroxylation is 1. The molecular weight excluding hydrogens is 566 g/mol. The first-order valence-corrected chi connectivity index (χ1v) is 16.0. The van der Waals surface area contributed by atoms with Crippen LogP contribution >= 0.6 is 0 Å². The van der Waals surface area contributed by atoms with Crippen molar-refractivity contribution in [1.82, 2.24) is 10.2 Å². The number of sulfonamides is 1. The average molecular weight is 608 g/mol. The maximum Gasteiger partial charge on any atom is 0.264 e. The Labute approximate surface area is 254 Å². The Morgan fingerprint density at radius 1 is 0.907 bits per heavy atom. The summed E-state index contributed by atoms with van der Waals surface area (Å²) >= 11 is 0. The zero-order chi connectivity index (χ0) is 31.0. The van der Waals surface area contributed by atoms with E-state index in [1.54, 1.807) is 62.6 Å². The summed E-state index contributed by atoms with van der Waals surface area (Å²) in [7, 11) is -1.10. The molecule has 0 bridgehead atoms. The van der Waals surface area contributed by atoms with E-state index in [9.17, 15) is 18.0 Å². The van der Waals surface area contributed by atoms with Crippen LogP contribution in [0.3, 0.4) is 0 Å². The van der Waals surface area contributed by atoms with E-state index in [2.05, 4.69) is 5.32 Å². The Bertz CT molecular complexity index is 1490. The van der Waals surface area contributed by atoms with Crippen molar-refractivity contribution in [2.75, 3.05) is 25.1 Å². The van der Waals surface area contributed by atoms with Gasteiger partial charge in [-0.1, -0.05) is 55.2 Å². The molecule has 1 fully saturated rings. The van der Waals surface area contributed by atoms with E-state index in [1.807, 2.05) is 19.1 Å². The van der Waals surface area contributed by atoms with Crippen LogP contribution in [0.1, 0.15) is 50.2 Å². The normalized spacial score (nSPS) is 14.4. The minimum absolute atomic E-state index is 0.0542. The Kier molecular flexibility index (Phi) is 10.7. The van der Waals surface area contributed by atoms with Crippen molar-refractivity contribution in [3.63, 3.8) is 0 Å². The third-order valence-electron chi connectivity index (χ3n) is 7.86. The van der Waals surface area contributed by atoms with Crippen LogP contribution in [0.2, 0.25) is 0 Å². The van der Waals surface area contributed by atoms with Crippen molar-refractivity contribution in [3.05, 3.63) is 83.9 Å². The van der Waals surface area contributed by atoms with E-state index >= 15 is 0 Å². The highest BCUT2D eigenvalue weighted by Crippen LogP contribution is 2.28. The number of carbonyl (C=O) groups excluding carboxylic acids is 2. The molecule has 3 aromatic rings. The highest BCUT2D eigenvalue weighted by atomic mass is 32.2. The molecule has 0 saturated heterocycles. The largest absolute Gasteiger partial charge is 0.497 e. The lowest BCUT2D eigenvalue weighted by molar-refractivity contribution is -0.139. The Balaban J connectivity index is 1.68. The van der Waals surface area contributed by atoms with Crippen molar-refractivity contribution in [2.24, 2.45) is 0 Å². The van der Waals surface area contributed by atoms with Crippen molar-refractivity contribution < 1.29 is 27.5 Å². The van der Waals surface area contributed by atoms with Gasteiger partial charge < -0.3 is 19.7 Å². The van der Waals surface area contributed by atoms with Gasteiger partial charge in [0.05, 0.1) is 24.8 Å². The minimum Gasteiger partial charge on any atom is -0.497 e. The third kappa shape index (κ3) is 8.07. The molecule has 0 heterocycles. The number of nitrogens with zero attached hydrogens (tertiary/aromatic N) is 2. The molecule has 230 valence electrons.